The summed E-state index contributed by atoms with van der Waals surface area (Å²) in [6.45, 7) is 4.37. The minimum absolute atomic E-state index is 0.0787. The fraction of sp³-hybridized carbons (Fsp3) is 0.238. The number of carbonyl (C=O) groups is 1. The van der Waals surface area contributed by atoms with E-state index in [-0.39, 0.29) is 11.5 Å². The number of carbonyl (C=O) groups excluding carboxylic acids is 1. The van der Waals surface area contributed by atoms with Crippen molar-refractivity contribution in [2.75, 3.05) is 31.1 Å². The van der Waals surface area contributed by atoms with Gasteiger partial charge in [-0.25, -0.2) is 14.8 Å². The van der Waals surface area contributed by atoms with E-state index in [0.717, 1.165) is 21.4 Å². The van der Waals surface area contributed by atoms with Crippen LogP contribution in [0.2, 0.25) is 0 Å². The van der Waals surface area contributed by atoms with Gasteiger partial charge in [0.25, 0.3) is 5.91 Å². The first kappa shape index (κ1) is 17.8. The lowest BCUT2D eigenvalue weighted by molar-refractivity contribution is 0.0742. The summed E-state index contributed by atoms with van der Waals surface area (Å²) in [5.41, 5.74) is -0.0323. The zero-order valence-corrected chi connectivity index (χ0v) is 16.6. The monoisotopic (exact) mass is 406 g/mol. The molecule has 4 heterocycles. The standard InChI is InChI=1S/C21H18N4O3S/c1-13-10-15-18(22-12-23-19(15)29-13)24-6-8-25(9-7-24)20(26)16-11-14-4-2-3-5-17(14)28-21(16)27/h2-5,10-12H,6-9H2,1H3. The van der Waals surface area contributed by atoms with Gasteiger partial charge in [-0.3, -0.25) is 4.79 Å². The molecule has 0 unspecified atom stereocenters. The molecule has 4 aromatic rings. The van der Waals surface area contributed by atoms with Crippen LogP contribution in [0.5, 0.6) is 0 Å². The van der Waals surface area contributed by atoms with Gasteiger partial charge in [0, 0.05) is 36.4 Å². The van der Waals surface area contributed by atoms with Crippen molar-refractivity contribution in [1.82, 2.24) is 14.9 Å². The number of anilines is 1. The van der Waals surface area contributed by atoms with Crippen LogP contribution in [0.25, 0.3) is 21.2 Å². The van der Waals surface area contributed by atoms with E-state index in [2.05, 4.69) is 27.9 Å². The van der Waals surface area contributed by atoms with Gasteiger partial charge in [-0.2, -0.15) is 0 Å². The van der Waals surface area contributed by atoms with Crippen LogP contribution in [0, 0.1) is 6.92 Å². The summed E-state index contributed by atoms with van der Waals surface area (Å²) in [6.07, 6.45) is 1.59. The summed E-state index contributed by atoms with van der Waals surface area (Å²) < 4.78 is 5.32. The van der Waals surface area contributed by atoms with Crippen LogP contribution in [-0.2, 0) is 0 Å². The molecule has 1 amide bonds. The molecule has 0 N–H and O–H groups in total. The lowest BCUT2D eigenvalue weighted by Gasteiger charge is -2.35. The number of rotatable bonds is 2. The molecule has 0 saturated carbocycles. The highest BCUT2D eigenvalue weighted by atomic mass is 32.1. The van der Waals surface area contributed by atoms with Crippen molar-refractivity contribution < 1.29 is 9.21 Å². The lowest BCUT2D eigenvalue weighted by atomic mass is 10.1. The van der Waals surface area contributed by atoms with Gasteiger partial charge < -0.3 is 14.2 Å². The van der Waals surface area contributed by atoms with Crippen LogP contribution in [0.3, 0.4) is 0 Å². The van der Waals surface area contributed by atoms with Crippen LogP contribution in [0.1, 0.15) is 15.2 Å². The van der Waals surface area contributed by atoms with Crippen molar-refractivity contribution in [1.29, 1.82) is 0 Å². The second-order valence-corrected chi connectivity index (χ2v) is 8.27. The number of benzene rings is 1. The summed E-state index contributed by atoms with van der Waals surface area (Å²) >= 11 is 1.65. The normalized spacial score (nSPS) is 14.7. The molecule has 146 valence electrons. The zero-order chi connectivity index (χ0) is 20.0. The maximum absolute atomic E-state index is 12.9. The fourth-order valence-corrected chi connectivity index (χ4v) is 4.56. The molecule has 0 atom stereocenters. The second-order valence-electron chi connectivity index (χ2n) is 7.04. The van der Waals surface area contributed by atoms with Crippen molar-refractivity contribution >= 4 is 44.2 Å². The second kappa shape index (κ2) is 6.97. The van der Waals surface area contributed by atoms with E-state index in [1.54, 1.807) is 40.8 Å². The number of fused-ring (bicyclic) bond motifs is 2. The Morgan fingerprint density at radius 2 is 1.90 bits per heavy atom. The molecule has 1 aliphatic heterocycles. The van der Waals surface area contributed by atoms with Gasteiger partial charge in [-0.15, -0.1) is 11.3 Å². The number of thiophene rings is 1. The van der Waals surface area contributed by atoms with Crippen LogP contribution in [-0.4, -0.2) is 47.0 Å². The quantitative estimate of drug-likeness (QED) is 0.476. The Hall–Kier alpha value is -3.26. The lowest BCUT2D eigenvalue weighted by Crippen LogP contribution is -2.49. The Balaban J connectivity index is 1.37. The third-order valence-corrected chi connectivity index (χ3v) is 6.13. The summed E-state index contributed by atoms with van der Waals surface area (Å²) in [5, 5.41) is 1.79. The molecule has 0 spiro atoms. The smallest absolute Gasteiger partial charge is 0.349 e. The Morgan fingerprint density at radius 3 is 2.72 bits per heavy atom. The molecule has 5 rings (SSSR count). The number of piperazine rings is 1. The van der Waals surface area contributed by atoms with Gasteiger partial charge in [0.2, 0.25) is 0 Å². The number of nitrogens with zero attached hydrogens (tertiary/aromatic N) is 4. The van der Waals surface area contributed by atoms with Crippen LogP contribution < -0.4 is 10.5 Å². The van der Waals surface area contributed by atoms with Crippen LogP contribution >= 0.6 is 11.3 Å². The van der Waals surface area contributed by atoms with E-state index in [1.807, 2.05) is 12.1 Å². The molecular formula is C21H18N4O3S. The minimum atomic E-state index is -0.595. The number of aromatic nitrogens is 2. The Labute approximate surface area is 170 Å². The highest BCUT2D eigenvalue weighted by Crippen LogP contribution is 2.30. The molecule has 1 aliphatic rings. The predicted octanol–water partition coefficient (Wildman–Crippen LogP) is 3.07. The summed E-state index contributed by atoms with van der Waals surface area (Å²) in [5.74, 6) is 0.611. The molecular weight excluding hydrogens is 388 g/mol. The van der Waals surface area contributed by atoms with Gasteiger partial charge in [-0.05, 0) is 25.1 Å². The van der Waals surface area contributed by atoms with Gasteiger partial charge in [0.1, 0.15) is 28.1 Å². The third kappa shape index (κ3) is 3.15. The largest absolute Gasteiger partial charge is 0.422 e. The number of hydrogen-bond donors (Lipinski definition) is 0. The van der Waals surface area contributed by atoms with Gasteiger partial charge in [-0.1, -0.05) is 18.2 Å². The first-order valence-electron chi connectivity index (χ1n) is 9.38. The predicted molar refractivity (Wildman–Crippen MR) is 113 cm³/mol. The molecule has 1 fully saturated rings. The summed E-state index contributed by atoms with van der Waals surface area (Å²) in [4.78, 5) is 40.1. The van der Waals surface area contributed by atoms with Crippen molar-refractivity contribution in [3.05, 3.63) is 63.6 Å². The van der Waals surface area contributed by atoms with E-state index in [1.165, 1.54) is 4.88 Å². The Bertz CT molecular complexity index is 1290. The molecule has 1 aromatic carbocycles. The maximum Gasteiger partial charge on any atom is 0.349 e. The minimum Gasteiger partial charge on any atom is -0.422 e. The molecule has 0 aliphatic carbocycles. The van der Waals surface area contributed by atoms with Crippen molar-refractivity contribution in [2.24, 2.45) is 0 Å². The highest BCUT2D eigenvalue weighted by molar-refractivity contribution is 7.18. The number of hydrogen-bond acceptors (Lipinski definition) is 7. The third-order valence-electron chi connectivity index (χ3n) is 5.17. The van der Waals surface area contributed by atoms with Crippen molar-refractivity contribution in [3.63, 3.8) is 0 Å². The van der Waals surface area contributed by atoms with E-state index in [0.29, 0.717) is 31.8 Å². The van der Waals surface area contributed by atoms with Gasteiger partial charge >= 0.3 is 5.63 Å². The Morgan fingerprint density at radius 1 is 1.10 bits per heavy atom. The maximum atomic E-state index is 12.9. The average molecular weight is 406 g/mol. The average Bonchev–Trinajstić information content (AvgIpc) is 3.13. The van der Waals surface area contributed by atoms with Crippen LogP contribution in [0.15, 0.2) is 51.9 Å². The van der Waals surface area contributed by atoms with Crippen molar-refractivity contribution in [2.45, 2.75) is 6.92 Å². The van der Waals surface area contributed by atoms with Crippen LogP contribution in [0.4, 0.5) is 5.82 Å². The SMILES string of the molecule is Cc1cc2c(N3CCN(C(=O)c4cc5ccccc5oc4=O)CC3)ncnc2s1. The van der Waals surface area contributed by atoms with Gasteiger partial charge in [0.15, 0.2) is 0 Å². The highest BCUT2D eigenvalue weighted by Gasteiger charge is 2.26. The molecule has 1 saturated heterocycles. The molecule has 29 heavy (non-hydrogen) atoms. The van der Waals surface area contributed by atoms with E-state index in [9.17, 15) is 9.59 Å². The first-order valence-corrected chi connectivity index (χ1v) is 10.2. The molecule has 8 heteroatoms. The molecule has 3 aromatic heterocycles. The number of amides is 1. The summed E-state index contributed by atoms with van der Waals surface area (Å²) in [6, 6.07) is 10.9. The number of para-hydroxylation sites is 1. The first-order chi connectivity index (χ1) is 14.1. The number of aryl methyl sites for hydroxylation is 1. The van der Waals surface area contributed by atoms with Crippen molar-refractivity contribution in [3.8, 4) is 0 Å². The van der Waals surface area contributed by atoms with E-state index in [4.69, 9.17) is 4.42 Å². The topological polar surface area (TPSA) is 79.5 Å². The fourth-order valence-electron chi connectivity index (χ4n) is 3.72. The van der Waals surface area contributed by atoms with E-state index >= 15 is 0 Å². The zero-order valence-electron chi connectivity index (χ0n) is 15.8. The molecule has 0 bridgehead atoms. The summed E-state index contributed by atoms with van der Waals surface area (Å²) in [7, 11) is 0. The molecule has 0 radical (unpaired) electrons. The van der Waals surface area contributed by atoms with Gasteiger partial charge in [0.05, 0.1) is 5.39 Å². The molecule has 7 nitrogen and oxygen atoms in total. The Kier molecular flexibility index (Phi) is 4.28. The van der Waals surface area contributed by atoms with E-state index < -0.39 is 5.63 Å².